The first-order chi connectivity index (χ1) is 6.20. The molecule has 0 aliphatic carbocycles. The van der Waals surface area contributed by atoms with Crippen molar-refractivity contribution in [3.8, 4) is 0 Å². The van der Waals surface area contributed by atoms with Gasteiger partial charge in [0, 0.05) is 29.8 Å². The SMILES string of the molecule is CSC/C(SC)=C1\CCN(C)C1=O. The van der Waals surface area contributed by atoms with Crippen LogP contribution in [0.1, 0.15) is 6.42 Å². The molecule has 1 aliphatic rings. The maximum atomic E-state index is 11.6. The second-order valence-electron chi connectivity index (χ2n) is 3.02. The molecule has 1 saturated heterocycles. The summed E-state index contributed by atoms with van der Waals surface area (Å²) < 4.78 is 0. The zero-order chi connectivity index (χ0) is 9.84. The van der Waals surface area contributed by atoms with Crippen LogP contribution < -0.4 is 0 Å². The van der Waals surface area contributed by atoms with Crippen LogP contribution in [0.25, 0.3) is 0 Å². The van der Waals surface area contributed by atoms with Crippen molar-refractivity contribution in [2.75, 3.05) is 31.9 Å². The molecule has 2 nitrogen and oxygen atoms in total. The van der Waals surface area contributed by atoms with Gasteiger partial charge in [0.15, 0.2) is 0 Å². The van der Waals surface area contributed by atoms with Crippen LogP contribution in [-0.4, -0.2) is 42.7 Å². The maximum absolute atomic E-state index is 11.6. The highest BCUT2D eigenvalue weighted by atomic mass is 32.2. The molecular formula is C9H15NOS2. The Morgan fingerprint density at radius 1 is 1.54 bits per heavy atom. The molecule has 0 bridgehead atoms. The lowest BCUT2D eigenvalue weighted by Crippen LogP contribution is -2.19. The fraction of sp³-hybridized carbons (Fsp3) is 0.667. The lowest BCUT2D eigenvalue weighted by atomic mass is 10.2. The van der Waals surface area contributed by atoms with Crippen LogP contribution in [0.5, 0.6) is 0 Å². The van der Waals surface area contributed by atoms with E-state index >= 15 is 0 Å². The summed E-state index contributed by atoms with van der Waals surface area (Å²) in [5.41, 5.74) is 1.03. The molecule has 0 radical (unpaired) electrons. The van der Waals surface area contributed by atoms with Crippen LogP contribution in [0, 0.1) is 0 Å². The lowest BCUT2D eigenvalue weighted by molar-refractivity contribution is -0.123. The minimum absolute atomic E-state index is 0.221. The zero-order valence-electron chi connectivity index (χ0n) is 8.29. The van der Waals surface area contributed by atoms with E-state index in [2.05, 4.69) is 6.26 Å². The van der Waals surface area contributed by atoms with Crippen molar-refractivity contribution in [2.45, 2.75) is 6.42 Å². The normalized spacial score (nSPS) is 21.2. The third-order valence-corrected chi connectivity index (χ3v) is 3.80. The number of hydrogen-bond acceptors (Lipinski definition) is 3. The molecule has 1 rings (SSSR count). The molecule has 0 unspecified atom stereocenters. The summed E-state index contributed by atoms with van der Waals surface area (Å²) in [6, 6.07) is 0. The Bertz CT molecular complexity index is 238. The Balaban J connectivity index is 2.82. The highest BCUT2D eigenvalue weighted by molar-refractivity contribution is 8.05. The summed E-state index contributed by atoms with van der Waals surface area (Å²) in [7, 11) is 1.87. The molecule has 4 heteroatoms. The highest BCUT2D eigenvalue weighted by Crippen LogP contribution is 2.27. The Morgan fingerprint density at radius 3 is 2.62 bits per heavy atom. The number of nitrogens with zero attached hydrogens (tertiary/aromatic N) is 1. The van der Waals surface area contributed by atoms with Crippen molar-refractivity contribution in [3.63, 3.8) is 0 Å². The Labute approximate surface area is 88.1 Å². The van der Waals surface area contributed by atoms with Gasteiger partial charge in [-0.15, -0.1) is 11.8 Å². The monoisotopic (exact) mass is 217 g/mol. The maximum Gasteiger partial charge on any atom is 0.250 e. The van der Waals surface area contributed by atoms with Gasteiger partial charge in [-0.25, -0.2) is 0 Å². The molecule has 74 valence electrons. The summed E-state index contributed by atoms with van der Waals surface area (Å²) in [4.78, 5) is 14.7. The number of amides is 1. The Hall–Kier alpha value is -0.0900. The largest absolute Gasteiger partial charge is 0.342 e. The first-order valence-electron chi connectivity index (χ1n) is 4.21. The number of hydrogen-bond donors (Lipinski definition) is 0. The Kier molecular flexibility index (Phi) is 4.19. The van der Waals surface area contributed by atoms with E-state index < -0.39 is 0 Å². The number of carbonyl (C=O) groups excluding carboxylic acids is 1. The minimum Gasteiger partial charge on any atom is -0.342 e. The number of likely N-dealkylation sites (tertiary alicyclic amines) is 1. The molecule has 0 aromatic carbocycles. The summed E-state index contributed by atoms with van der Waals surface area (Å²) >= 11 is 3.48. The van der Waals surface area contributed by atoms with Crippen LogP contribution >= 0.6 is 23.5 Å². The summed E-state index contributed by atoms with van der Waals surface area (Å²) in [6.07, 6.45) is 5.04. The second kappa shape index (κ2) is 4.96. The molecule has 1 aliphatic heterocycles. The van der Waals surface area contributed by atoms with E-state index in [0.717, 1.165) is 24.3 Å². The van der Waals surface area contributed by atoms with Crippen LogP contribution in [0.4, 0.5) is 0 Å². The Morgan fingerprint density at radius 2 is 2.23 bits per heavy atom. The van der Waals surface area contributed by atoms with Crippen LogP contribution in [0.3, 0.4) is 0 Å². The van der Waals surface area contributed by atoms with Gasteiger partial charge >= 0.3 is 0 Å². The van der Waals surface area contributed by atoms with Gasteiger partial charge in [0.1, 0.15) is 0 Å². The molecule has 1 amide bonds. The van der Waals surface area contributed by atoms with Crippen molar-refractivity contribution in [2.24, 2.45) is 0 Å². The van der Waals surface area contributed by atoms with Crippen LogP contribution in [-0.2, 0) is 4.79 Å². The standard InChI is InChI=1S/C9H15NOS2/c1-10-5-4-7(9(10)11)8(13-3)6-12-2/h4-6H2,1-3H3/b8-7-. The van der Waals surface area contributed by atoms with Crippen molar-refractivity contribution in [3.05, 3.63) is 10.5 Å². The van der Waals surface area contributed by atoms with Gasteiger partial charge in [0.05, 0.1) is 0 Å². The number of likely N-dealkylation sites (N-methyl/N-ethyl adjacent to an activating group) is 1. The van der Waals surface area contributed by atoms with Crippen LogP contribution in [0.2, 0.25) is 0 Å². The van der Waals surface area contributed by atoms with Crippen molar-refractivity contribution in [1.82, 2.24) is 4.90 Å². The van der Waals surface area contributed by atoms with Gasteiger partial charge in [-0.3, -0.25) is 4.79 Å². The molecule has 1 heterocycles. The quantitative estimate of drug-likeness (QED) is 0.673. The van der Waals surface area contributed by atoms with Crippen LogP contribution in [0.15, 0.2) is 10.5 Å². The molecule has 0 aromatic heterocycles. The second-order valence-corrected chi connectivity index (χ2v) is 4.78. The number of rotatable bonds is 3. The van der Waals surface area contributed by atoms with Gasteiger partial charge in [-0.2, -0.15) is 11.8 Å². The van der Waals surface area contributed by atoms with Gasteiger partial charge < -0.3 is 4.90 Å². The average molecular weight is 217 g/mol. The predicted octanol–water partition coefficient (Wildman–Crippen LogP) is 1.83. The molecule has 0 aromatic rings. The van der Waals surface area contributed by atoms with E-state index in [9.17, 15) is 4.79 Å². The summed E-state index contributed by atoms with van der Waals surface area (Å²) in [5.74, 6) is 1.19. The molecule has 1 fully saturated rings. The molecule has 0 saturated carbocycles. The third-order valence-electron chi connectivity index (χ3n) is 2.16. The predicted molar refractivity (Wildman–Crippen MR) is 61.2 cm³/mol. The summed E-state index contributed by atoms with van der Waals surface area (Å²) in [5, 5.41) is 0. The van der Waals surface area contributed by atoms with Gasteiger partial charge in [0.25, 0.3) is 0 Å². The highest BCUT2D eigenvalue weighted by Gasteiger charge is 2.25. The van der Waals surface area contributed by atoms with E-state index in [4.69, 9.17) is 0 Å². The van der Waals surface area contributed by atoms with Crippen molar-refractivity contribution >= 4 is 29.4 Å². The zero-order valence-corrected chi connectivity index (χ0v) is 9.93. The fourth-order valence-electron chi connectivity index (χ4n) is 1.38. The molecular weight excluding hydrogens is 202 g/mol. The van der Waals surface area contributed by atoms with E-state index in [1.807, 2.05) is 13.3 Å². The van der Waals surface area contributed by atoms with Gasteiger partial charge in [-0.1, -0.05) is 0 Å². The van der Waals surface area contributed by atoms with Gasteiger partial charge in [-0.05, 0) is 18.9 Å². The van der Waals surface area contributed by atoms with E-state index in [-0.39, 0.29) is 5.91 Å². The topological polar surface area (TPSA) is 20.3 Å². The molecule has 0 spiro atoms. The molecule has 0 atom stereocenters. The summed E-state index contributed by atoms with van der Waals surface area (Å²) in [6.45, 7) is 0.882. The number of carbonyl (C=O) groups is 1. The molecule has 0 N–H and O–H groups in total. The number of thioether (sulfide) groups is 2. The lowest BCUT2D eigenvalue weighted by Gasteiger charge is -2.07. The molecule has 13 heavy (non-hydrogen) atoms. The van der Waals surface area contributed by atoms with Crippen molar-refractivity contribution in [1.29, 1.82) is 0 Å². The average Bonchev–Trinajstić information content (AvgIpc) is 2.45. The first kappa shape index (κ1) is 11.0. The smallest absolute Gasteiger partial charge is 0.250 e. The van der Waals surface area contributed by atoms with E-state index in [1.54, 1.807) is 28.4 Å². The van der Waals surface area contributed by atoms with Gasteiger partial charge in [0.2, 0.25) is 5.91 Å². The van der Waals surface area contributed by atoms with E-state index in [1.165, 1.54) is 4.91 Å². The first-order valence-corrected chi connectivity index (χ1v) is 6.83. The van der Waals surface area contributed by atoms with E-state index in [0.29, 0.717) is 0 Å². The minimum atomic E-state index is 0.221. The third kappa shape index (κ3) is 2.44. The fourth-order valence-corrected chi connectivity index (χ4v) is 3.07. The van der Waals surface area contributed by atoms with Crippen molar-refractivity contribution < 1.29 is 4.79 Å².